The Hall–Kier alpha value is 0.540. The van der Waals surface area contributed by atoms with E-state index in [4.69, 9.17) is 0 Å². The van der Waals surface area contributed by atoms with Gasteiger partial charge in [0.2, 0.25) is 0 Å². The van der Waals surface area contributed by atoms with Crippen LogP contribution in [0.1, 0.15) is 19.8 Å². The molecule has 13 heavy (non-hydrogen) atoms. The molecule has 2 nitrogen and oxygen atoms in total. The van der Waals surface area contributed by atoms with Crippen LogP contribution in [0, 0.1) is 5.92 Å². The van der Waals surface area contributed by atoms with Crippen molar-refractivity contribution in [3.8, 4) is 0 Å². The van der Waals surface area contributed by atoms with E-state index in [2.05, 4.69) is 24.2 Å². The van der Waals surface area contributed by atoms with Crippen molar-refractivity contribution in [2.45, 2.75) is 19.8 Å². The Balaban J connectivity index is 2.34. The van der Waals surface area contributed by atoms with Crippen molar-refractivity contribution in [3.05, 3.63) is 0 Å². The summed E-state index contributed by atoms with van der Waals surface area (Å²) in [4.78, 5) is 2.34. The van der Waals surface area contributed by atoms with Gasteiger partial charge in [-0.15, -0.1) is 12.2 Å². The highest BCUT2D eigenvalue weighted by molar-refractivity contribution is 8.48. The lowest BCUT2D eigenvalue weighted by atomic mass is 10.00. The van der Waals surface area contributed by atoms with Gasteiger partial charge in [0.05, 0.1) is 0 Å². The maximum absolute atomic E-state index is 11.8. The van der Waals surface area contributed by atoms with Crippen LogP contribution >= 0.6 is 18.6 Å². The van der Waals surface area contributed by atoms with E-state index in [1.807, 2.05) is 6.92 Å². The fourth-order valence-electron chi connectivity index (χ4n) is 1.78. The third-order valence-corrected chi connectivity index (χ3v) is 6.29. The maximum atomic E-state index is 11.8. The van der Waals surface area contributed by atoms with Gasteiger partial charge in [0.1, 0.15) is 6.34 Å². The fourth-order valence-corrected chi connectivity index (χ4v) is 3.90. The smallest absolute Gasteiger partial charge is 0.136 e. The van der Waals surface area contributed by atoms with Crippen molar-refractivity contribution in [1.82, 2.24) is 4.90 Å². The monoisotopic (exact) mass is 221 g/mol. The van der Waals surface area contributed by atoms with Gasteiger partial charge in [-0.05, 0) is 38.9 Å². The highest BCUT2D eigenvalue weighted by atomic mass is 32.7. The first-order chi connectivity index (χ1) is 6.03. The summed E-state index contributed by atoms with van der Waals surface area (Å²) in [5.74, 6) is 0.652. The molecule has 1 saturated heterocycles. The van der Waals surface area contributed by atoms with Crippen LogP contribution in [0.5, 0.6) is 0 Å². The van der Waals surface area contributed by atoms with Crippen LogP contribution in [0.15, 0.2) is 0 Å². The summed E-state index contributed by atoms with van der Waals surface area (Å²) in [6.45, 7) is 4.28. The molecule has 0 radical (unpaired) electrons. The average molecular weight is 221 g/mol. The summed E-state index contributed by atoms with van der Waals surface area (Å²) in [5.41, 5.74) is 0. The van der Waals surface area contributed by atoms with Crippen LogP contribution < -0.4 is 0 Å². The molecule has 0 aliphatic carbocycles. The summed E-state index contributed by atoms with van der Waals surface area (Å²) in [6.07, 6.45) is 1.89. The SMILES string of the molecule is CCP(=O)(S)CC1CCN(C)CC1. The van der Waals surface area contributed by atoms with Gasteiger partial charge in [-0.3, -0.25) is 0 Å². The first-order valence-electron chi connectivity index (χ1n) is 5.03. The lowest BCUT2D eigenvalue weighted by molar-refractivity contribution is 0.231. The largest absolute Gasteiger partial charge is 0.312 e. The number of thiol groups is 1. The second kappa shape index (κ2) is 4.86. The van der Waals surface area contributed by atoms with Gasteiger partial charge in [0.15, 0.2) is 0 Å². The maximum Gasteiger partial charge on any atom is 0.136 e. The molecule has 78 valence electrons. The van der Waals surface area contributed by atoms with E-state index in [-0.39, 0.29) is 0 Å². The lowest BCUT2D eigenvalue weighted by Gasteiger charge is -2.29. The average Bonchev–Trinajstić information content (AvgIpc) is 2.09. The molecule has 1 aliphatic heterocycles. The van der Waals surface area contributed by atoms with E-state index in [9.17, 15) is 4.57 Å². The zero-order valence-corrected chi connectivity index (χ0v) is 10.4. The van der Waals surface area contributed by atoms with Gasteiger partial charge in [-0.25, -0.2) is 0 Å². The summed E-state index contributed by atoms with van der Waals surface area (Å²) in [6, 6.07) is 0. The van der Waals surface area contributed by atoms with Crippen molar-refractivity contribution >= 4 is 18.6 Å². The summed E-state index contributed by atoms with van der Waals surface area (Å²) >= 11 is 4.26. The molecular weight excluding hydrogens is 201 g/mol. The van der Waals surface area contributed by atoms with Crippen LogP contribution in [0.25, 0.3) is 0 Å². The van der Waals surface area contributed by atoms with E-state index in [0.717, 1.165) is 25.4 Å². The molecule has 0 aromatic heterocycles. The minimum atomic E-state index is -2.09. The first kappa shape index (κ1) is 11.6. The van der Waals surface area contributed by atoms with E-state index < -0.39 is 6.34 Å². The van der Waals surface area contributed by atoms with E-state index in [0.29, 0.717) is 5.92 Å². The zero-order chi connectivity index (χ0) is 9.90. The predicted molar refractivity (Wildman–Crippen MR) is 62.2 cm³/mol. The number of rotatable bonds is 3. The number of hydrogen-bond acceptors (Lipinski definition) is 2. The molecule has 0 amide bonds. The number of hydrogen-bond donors (Lipinski definition) is 1. The Bertz CT molecular complexity index is 202. The third kappa shape index (κ3) is 4.05. The molecule has 0 N–H and O–H groups in total. The standard InChI is InChI=1S/C9H20NOPS/c1-3-12(11,13)8-9-4-6-10(2)7-5-9/h9H,3-8H2,1-2H3,(H,11,13). The van der Waals surface area contributed by atoms with Gasteiger partial charge in [0, 0.05) is 12.3 Å². The quantitative estimate of drug-likeness (QED) is 0.584. The second-order valence-corrected chi connectivity index (χ2v) is 8.97. The normalized spacial score (nSPS) is 25.8. The Morgan fingerprint density at radius 2 is 2.00 bits per heavy atom. The summed E-state index contributed by atoms with van der Waals surface area (Å²) in [5, 5.41) is 0. The Morgan fingerprint density at radius 1 is 1.46 bits per heavy atom. The molecule has 1 fully saturated rings. The van der Waals surface area contributed by atoms with Gasteiger partial charge >= 0.3 is 0 Å². The first-order valence-corrected chi connectivity index (χ1v) is 8.26. The van der Waals surface area contributed by atoms with Gasteiger partial charge in [-0.2, -0.15) is 0 Å². The van der Waals surface area contributed by atoms with Crippen molar-refractivity contribution in [3.63, 3.8) is 0 Å². The van der Waals surface area contributed by atoms with Gasteiger partial charge < -0.3 is 9.46 Å². The van der Waals surface area contributed by atoms with Gasteiger partial charge in [-0.1, -0.05) is 6.92 Å². The van der Waals surface area contributed by atoms with Crippen LogP contribution in [0.2, 0.25) is 0 Å². The van der Waals surface area contributed by atoms with Crippen molar-refractivity contribution < 1.29 is 4.57 Å². The molecule has 1 aliphatic rings. The molecule has 0 aromatic carbocycles. The molecule has 1 atom stereocenters. The third-order valence-electron chi connectivity index (χ3n) is 2.88. The fraction of sp³-hybridized carbons (Fsp3) is 1.00. The van der Waals surface area contributed by atoms with E-state index in [1.54, 1.807) is 0 Å². The lowest BCUT2D eigenvalue weighted by Crippen LogP contribution is -2.31. The molecule has 0 aromatic rings. The molecule has 0 bridgehead atoms. The minimum Gasteiger partial charge on any atom is -0.312 e. The van der Waals surface area contributed by atoms with E-state index >= 15 is 0 Å². The van der Waals surface area contributed by atoms with Crippen LogP contribution in [0.4, 0.5) is 0 Å². The highest BCUT2D eigenvalue weighted by Crippen LogP contribution is 2.52. The predicted octanol–water partition coefficient (Wildman–Crippen LogP) is 2.56. The van der Waals surface area contributed by atoms with Crippen molar-refractivity contribution in [2.24, 2.45) is 5.92 Å². The summed E-state index contributed by atoms with van der Waals surface area (Å²) in [7, 11) is 2.15. The van der Waals surface area contributed by atoms with Crippen LogP contribution in [-0.2, 0) is 4.57 Å². The summed E-state index contributed by atoms with van der Waals surface area (Å²) < 4.78 is 11.8. The molecule has 1 heterocycles. The van der Waals surface area contributed by atoms with Crippen LogP contribution in [-0.4, -0.2) is 37.4 Å². The van der Waals surface area contributed by atoms with Crippen LogP contribution in [0.3, 0.4) is 0 Å². The Morgan fingerprint density at radius 3 is 2.46 bits per heavy atom. The Kier molecular flexibility index (Phi) is 4.34. The van der Waals surface area contributed by atoms with Crippen molar-refractivity contribution in [2.75, 3.05) is 32.5 Å². The van der Waals surface area contributed by atoms with Crippen molar-refractivity contribution in [1.29, 1.82) is 0 Å². The molecule has 0 spiro atoms. The molecule has 1 unspecified atom stereocenters. The molecular formula is C9H20NOPS. The zero-order valence-electron chi connectivity index (χ0n) is 8.57. The molecule has 1 rings (SSSR count). The number of piperidine rings is 1. The topological polar surface area (TPSA) is 20.3 Å². The number of likely N-dealkylation sites (tertiary alicyclic amines) is 1. The van der Waals surface area contributed by atoms with E-state index in [1.165, 1.54) is 12.8 Å². The van der Waals surface area contributed by atoms with Gasteiger partial charge in [0.25, 0.3) is 0 Å². The second-order valence-electron chi connectivity index (χ2n) is 4.09. The Labute approximate surface area is 86.6 Å². The molecule has 0 saturated carbocycles. The highest BCUT2D eigenvalue weighted by Gasteiger charge is 2.23. The number of nitrogens with zero attached hydrogens (tertiary/aromatic N) is 1. The minimum absolute atomic E-state index is 0.652. The molecule has 4 heteroatoms.